The van der Waals surface area contributed by atoms with Gasteiger partial charge in [0.1, 0.15) is 5.82 Å². The number of halogens is 2. The molecule has 2 aromatic rings. The molecule has 5 nitrogen and oxygen atoms in total. The van der Waals surface area contributed by atoms with E-state index in [9.17, 15) is 9.18 Å². The van der Waals surface area contributed by atoms with Crippen molar-refractivity contribution in [2.45, 2.75) is 19.4 Å². The van der Waals surface area contributed by atoms with Gasteiger partial charge < -0.3 is 9.47 Å². The third-order valence-corrected chi connectivity index (χ3v) is 4.60. The molecule has 7 heteroatoms. The molecule has 2 aromatic carbocycles. The molecule has 0 aliphatic carbocycles. The van der Waals surface area contributed by atoms with E-state index in [2.05, 4.69) is 5.10 Å². The smallest absolute Gasteiger partial charge is 0.240 e. The summed E-state index contributed by atoms with van der Waals surface area (Å²) in [6, 6.07) is 9.22. The number of hydrogen-bond acceptors (Lipinski definition) is 4. The van der Waals surface area contributed by atoms with Gasteiger partial charge in [0, 0.05) is 23.9 Å². The molecule has 1 amide bonds. The van der Waals surface area contributed by atoms with Crippen LogP contribution in [0.25, 0.3) is 0 Å². The second-order valence-electron chi connectivity index (χ2n) is 5.87. The zero-order valence-electron chi connectivity index (χ0n) is 14.6. The zero-order chi connectivity index (χ0) is 18.8. The molecule has 1 aliphatic heterocycles. The minimum absolute atomic E-state index is 0.217. The monoisotopic (exact) mass is 376 g/mol. The molecule has 26 heavy (non-hydrogen) atoms. The van der Waals surface area contributed by atoms with Crippen molar-refractivity contribution in [2.24, 2.45) is 5.10 Å². The Kier molecular flexibility index (Phi) is 5.13. The van der Waals surface area contributed by atoms with Crippen molar-refractivity contribution in [2.75, 3.05) is 14.2 Å². The standard InChI is InChI=1S/C19H18ClFN2O3/c1-11(24)23-17(14-6-5-13(21)9-15(14)20)10-16(22-23)12-4-7-18(25-2)19(8-12)26-3/h4-9,17H,10H2,1-3H3/t17-/m1/s1. The average Bonchev–Trinajstić information content (AvgIpc) is 3.06. The second-order valence-corrected chi connectivity index (χ2v) is 6.27. The summed E-state index contributed by atoms with van der Waals surface area (Å²) in [6.45, 7) is 1.44. The van der Waals surface area contributed by atoms with Gasteiger partial charge in [0.15, 0.2) is 11.5 Å². The van der Waals surface area contributed by atoms with Crippen LogP contribution in [-0.2, 0) is 4.79 Å². The highest BCUT2D eigenvalue weighted by molar-refractivity contribution is 6.31. The minimum atomic E-state index is -0.424. The fourth-order valence-electron chi connectivity index (χ4n) is 3.00. The molecular weight excluding hydrogens is 359 g/mol. The van der Waals surface area contributed by atoms with Gasteiger partial charge in [-0.15, -0.1) is 0 Å². The number of ether oxygens (including phenoxy) is 2. The van der Waals surface area contributed by atoms with E-state index in [4.69, 9.17) is 21.1 Å². The average molecular weight is 377 g/mol. The van der Waals surface area contributed by atoms with Crippen LogP contribution < -0.4 is 9.47 Å². The van der Waals surface area contributed by atoms with Crippen LogP contribution in [0.15, 0.2) is 41.5 Å². The molecule has 0 aromatic heterocycles. The van der Waals surface area contributed by atoms with Gasteiger partial charge in [0.2, 0.25) is 5.91 Å². The van der Waals surface area contributed by atoms with E-state index >= 15 is 0 Å². The Morgan fingerprint density at radius 2 is 1.92 bits per heavy atom. The highest BCUT2D eigenvalue weighted by Gasteiger charge is 2.33. The zero-order valence-corrected chi connectivity index (χ0v) is 15.4. The fourth-order valence-corrected chi connectivity index (χ4v) is 3.30. The Morgan fingerprint density at radius 3 is 2.54 bits per heavy atom. The van der Waals surface area contributed by atoms with Crippen LogP contribution in [0.5, 0.6) is 11.5 Å². The molecule has 1 heterocycles. The number of rotatable bonds is 4. The summed E-state index contributed by atoms with van der Waals surface area (Å²) in [4.78, 5) is 12.1. The summed E-state index contributed by atoms with van der Waals surface area (Å²) >= 11 is 6.20. The fraction of sp³-hybridized carbons (Fsp3) is 0.263. The highest BCUT2D eigenvalue weighted by atomic mass is 35.5. The van der Waals surface area contributed by atoms with Crippen LogP contribution in [-0.4, -0.2) is 30.8 Å². The van der Waals surface area contributed by atoms with Gasteiger partial charge >= 0.3 is 0 Å². The lowest BCUT2D eigenvalue weighted by Crippen LogP contribution is -2.24. The normalized spacial score (nSPS) is 16.4. The molecule has 0 saturated carbocycles. The van der Waals surface area contributed by atoms with Gasteiger partial charge in [-0.25, -0.2) is 9.40 Å². The van der Waals surface area contributed by atoms with Crippen molar-refractivity contribution in [3.63, 3.8) is 0 Å². The van der Waals surface area contributed by atoms with Gasteiger partial charge in [0.25, 0.3) is 0 Å². The number of hydrazone groups is 1. The van der Waals surface area contributed by atoms with E-state index in [0.717, 1.165) is 5.56 Å². The quantitative estimate of drug-likeness (QED) is 0.803. The molecule has 0 spiro atoms. The Hall–Kier alpha value is -2.60. The summed E-state index contributed by atoms with van der Waals surface area (Å²) in [7, 11) is 3.12. The molecule has 0 bridgehead atoms. The van der Waals surface area contributed by atoms with Crippen molar-refractivity contribution >= 4 is 23.2 Å². The van der Waals surface area contributed by atoms with Crippen molar-refractivity contribution in [3.8, 4) is 11.5 Å². The number of carbonyl (C=O) groups excluding carboxylic acids is 1. The van der Waals surface area contributed by atoms with E-state index in [1.165, 1.54) is 24.1 Å². The first kappa shape index (κ1) is 18.2. The van der Waals surface area contributed by atoms with Crippen LogP contribution >= 0.6 is 11.6 Å². The van der Waals surface area contributed by atoms with Crippen molar-refractivity contribution in [1.82, 2.24) is 5.01 Å². The summed E-state index contributed by atoms with van der Waals surface area (Å²) in [5.41, 5.74) is 2.18. The van der Waals surface area contributed by atoms with E-state index in [1.54, 1.807) is 26.4 Å². The molecule has 0 unspecified atom stereocenters. The third kappa shape index (κ3) is 3.37. The lowest BCUT2D eigenvalue weighted by atomic mass is 9.98. The molecule has 0 N–H and O–H groups in total. The summed E-state index contributed by atoms with van der Waals surface area (Å²) < 4.78 is 23.9. The van der Waals surface area contributed by atoms with E-state index in [0.29, 0.717) is 29.2 Å². The first-order valence-electron chi connectivity index (χ1n) is 7.99. The van der Waals surface area contributed by atoms with Gasteiger partial charge in [-0.05, 0) is 35.9 Å². The third-order valence-electron chi connectivity index (χ3n) is 4.27. The predicted molar refractivity (Wildman–Crippen MR) is 97.4 cm³/mol. The number of benzene rings is 2. The summed E-state index contributed by atoms with van der Waals surface area (Å²) in [6.07, 6.45) is 0.459. The first-order chi connectivity index (χ1) is 12.4. The van der Waals surface area contributed by atoms with Crippen LogP contribution in [0, 0.1) is 5.82 Å². The molecule has 1 aliphatic rings. The molecule has 1 atom stereocenters. The topological polar surface area (TPSA) is 51.1 Å². The number of nitrogens with zero attached hydrogens (tertiary/aromatic N) is 2. The van der Waals surface area contributed by atoms with E-state index < -0.39 is 5.82 Å². The van der Waals surface area contributed by atoms with Crippen LogP contribution in [0.1, 0.15) is 30.5 Å². The molecular formula is C19H18ClFN2O3. The molecule has 0 radical (unpaired) electrons. The van der Waals surface area contributed by atoms with E-state index in [-0.39, 0.29) is 17.0 Å². The van der Waals surface area contributed by atoms with Crippen molar-refractivity contribution in [3.05, 3.63) is 58.4 Å². The Morgan fingerprint density at radius 1 is 1.19 bits per heavy atom. The number of methoxy groups -OCH3 is 2. The van der Waals surface area contributed by atoms with Gasteiger partial charge in [-0.3, -0.25) is 4.79 Å². The Bertz CT molecular complexity index is 885. The maximum Gasteiger partial charge on any atom is 0.240 e. The Balaban J connectivity index is 1.98. The van der Waals surface area contributed by atoms with Crippen LogP contribution in [0.4, 0.5) is 4.39 Å². The number of carbonyl (C=O) groups is 1. The van der Waals surface area contributed by atoms with Gasteiger partial charge in [-0.1, -0.05) is 17.7 Å². The SMILES string of the molecule is COc1ccc(C2=NN(C(C)=O)[C@@H](c3ccc(F)cc3Cl)C2)cc1OC. The maximum absolute atomic E-state index is 13.4. The predicted octanol–water partition coefficient (Wildman–Crippen LogP) is 4.19. The maximum atomic E-state index is 13.4. The highest BCUT2D eigenvalue weighted by Crippen LogP contribution is 2.38. The Labute approximate surface area is 156 Å². The lowest BCUT2D eigenvalue weighted by Gasteiger charge is -2.21. The van der Waals surface area contributed by atoms with Crippen molar-refractivity contribution in [1.29, 1.82) is 0 Å². The minimum Gasteiger partial charge on any atom is -0.493 e. The summed E-state index contributed by atoms with van der Waals surface area (Å²) in [5, 5.41) is 6.11. The van der Waals surface area contributed by atoms with Gasteiger partial charge in [0.05, 0.1) is 26.0 Å². The van der Waals surface area contributed by atoms with Crippen molar-refractivity contribution < 1.29 is 18.7 Å². The molecule has 3 rings (SSSR count). The molecule has 0 saturated heterocycles. The lowest BCUT2D eigenvalue weighted by molar-refractivity contribution is -0.130. The van der Waals surface area contributed by atoms with Crippen LogP contribution in [0.3, 0.4) is 0 Å². The van der Waals surface area contributed by atoms with Crippen LogP contribution in [0.2, 0.25) is 5.02 Å². The second kappa shape index (κ2) is 7.33. The first-order valence-corrected chi connectivity index (χ1v) is 8.37. The largest absolute Gasteiger partial charge is 0.493 e. The van der Waals surface area contributed by atoms with Gasteiger partial charge in [-0.2, -0.15) is 5.10 Å². The summed E-state index contributed by atoms with van der Waals surface area (Å²) in [5.74, 6) is 0.541. The number of hydrogen-bond donors (Lipinski definition) is 0. The number of amides is 1. The van der Waals surface area contributed by atoms with E-state index in [1.807, 2.05) is 12.1 Å². The molecule has 136 valence electrons. The molecule has 0 fully saturated rings.